The number of piperidine rings is 2. The highest BCUT2D eigenvalue weighted by atomic mass is 35.5. The van der Waals surface area contributed by atoms with Crippen molar-refractivity contribution in [3.8, 4) is 0 Å². The molecule has 4 fully saturated rings. The lowest BCUT2D eigenvalue weighted by Crippen LogP contribution is -2.52. The van der Waals surface area contributed by atoms with E-state index in [0.29, 0.717) is 34.2 Å². The van der Waals surface area contributed by atoms with E-state index in [2.05, 4.69) is 78.1 Å². The van der Waals surface area contributed by atoms with E-state index in [1.807, 2.05) is 12.1 Å². The lowest BCUT2D eigenvalue weighted by atomic mass is 9.90. The Bertz CT molecular complexity index is 1930. The molecular weight excluding hydrogens is 739 g/mol. The maximum atomic E-state index is 15.8. The van der Waals surface area contributed by atoms with Crippen molar-refractivity contribution in [2.45, 2.75) is 113 Å². The number of hydrogen-bond acceptors (Lipinski definition) is 9. The van der Waals surface area contributed by atoms with Crippen molar-refractivity contribution in [1.29, 1.82) is 0 Å². The zero-order chi connectivity index (χ0) is 37.8. The molecule has 2 saturated heterocycles. The molecule has 6 heterocycles. The largest absolute Gasteiger partial charge is 0.296 e. The van der Waals surface area contributed by atoms with Crippen molar-refractivity contribution < 1.29 is 4.79 Å². The number of halogens is 2. The molecule has 2 aromatic carbocycles. The van der Waals surface area contributed by atoms with E-state index in [1.165, 1.54) is 22.3 Å². The zero-order valence-electron chi connectivity index (χ0n) is 32.2. The Labute approximate surface area is 340 Å². The highest BCUT2D eigenvalue weighted by Crippen LogP contribution is 2.42. The van der Waals surface area contributed by atoms with E-state index in [0.717, 1.165) is 140 Å². The molecule has 4 aliphatic heterocycles. The van der Waals surface area contributed by atoms with E-state index in [-0.39, 0.29) is 5.78 Å². The average Bonchev–Trinajstić information content (AvgIpc) is 4.16. The van der Waals surface area contributed by atoms with E-state index in [1.54, 1.807) is 0 Å². The van der Waals surface area contributed by atoms with Gasteiger partial charge in [-0.1, -0.05) is 71.7 Å². The van der Waals surface area contributed by atoms with Crippen LogP contribution in [0.25, 0.3) is 0 Å². The number of fused-ring (bicyclic) bond motifs is 2. The normalized spacial score (nSPS) is 23.0. The molecule has 0 radical (unpaired) electrons. The maximum Gasteiger partial charge on any atom is 0.179 e. The molecule has 0 bridgehead atoms. The van der Waals surface area contributed by atoms with Gasteiger partial charge in [-0.2, -0.15) is 0 Å². The van der Waals surface area contributed by atoms with E-state index in [9.17, 15) is 0 Å². The highest BCUT2D eigenvalue weighted by molar-refractivity contribution is 6.29. The molecule has 2 aromatic heterocycles. The molecule has 2 saturated carbocycles. The molecule has 0 amide bonds. The molecular formula is C45H52Cl2N8O. The molecule has 292 valence electrons. The van der Waals surface area contributed by atoms with Gasteiger partial charge in [0.1, 0.15) is 34.0 Å². The number of rotatable bonds is 10. The number of nitrogens with zero attached hydrogens (tertiary/aromatic N) is 8. The molecule has 2 unspecified atom stereocenters. The van der Waals surface area contributed by atoms with Crippen LogP contribution in [0, 0.1) is 0 Å². The summed E-state index contributed by atoms with van der Waals surface area (Å²) < 4.78 is 0. The number of carbonyl (C=O) groups excluding carboxylic acids is 1. The molecule has 11 heteroatoms. The minimum atomic E-state index is -0.574. The molecule has 0 N–H and O–H groups in total. The van der Waals surface area contributed by atoms with Crippen LogP contribution in [0.1, 0.15) is 121 Å². The second kappa shape index (κ2) is 15.8. The minimum absolute atomic E-state index is 0.105. The first-order chi connectivity index (χ1) is 27.4. The van der Waals surface area contributed by atoms with Crippen LogP contribution in [0.15, 0.2) is 60.7 Å². The Morgan fingerprint density at radius 1 is 0.536 bits per heavy atom. The van der Waals surface area contributed by atoms with Crippen LogP contribution in [0.3, 0.4) is 0 Å². The van der Waals surface area contributed by atoms with Gasteiger partial charge in [-0.05, 0) is 98.6 Å². The van der Waals surface area contributed by atoms with Gasteiger partial charge in [0.2, 0.25) is 0 Å². The van der Waals surface area contributed by atoms with Gasteiger partial charge in [-0.25, -0.2) is 19.9 Å². The molecule has 2 atom stereocenters. The fraction of sp³-hybridized carbons (Fsp3) is 0.533. The molecule has 6 aliphatic rings. The Morgan fingerprint density at radius 2 is 0.929 bits per heavy atom. The topological polar surface area (TPSA) is 81.6 Å². The Kier molecular flexibility index (Phi) is 10.4. The van der Waals surface area contributed by atoms with E-state index in [4.69, 9.17) is 33.2 Å². The van der Waals surface area contributed by atoms with Gasteiger partial charge < -0.3 is 0 Å². The third kappa shape index (κ3) is 7.80. The predicted molar refractivity (Wildman–Crippen MR) is 219 cm³/mol. The summed E-state index contributed by atoms with van der Waals surface area (Å²) in [6.45, 7) is 7.38. The van der Waals surface area contributed by atoms with E-state index >= 15 is 4.79 Å². The molecule has 2 aliphatic carbocycles. The van der Waals surface area contributed by atoms with Crippen LogP contribution in [0.2, 0.25) is 10.3 Å². The SMILES string of the molecule is O=C(C(c1cc(Cl)nc(C2CC2)n1)N1CCC(N2CCc3ccccc3C2)CC1)C(c1cc(Cl)nc(C2CC2)n1)N1CCC(N2CCc3ccccc3C2)CC1. The van der Waals surface area contributed by atoms with Gasteiger partial charge in [0.15, 0.2) is 5.78 Å². The lowest BCUT2D eigenvalue weighted by Gasteiger charge is -2.45. The first-order valence-corrected chi connectivity index (χ1v) is 21.9. The van der Waals surface area contributed by atoms with Crippen LogP contribution in [-0.4, -0.2) is 96.7 Å². The van der Waals surface area contributed by atoms with Gasteiger partial charge in [0, 0.05) is 76.3 Å². The number of likely N-dealkylation sites (tertiary alicyclic amines) is 2. The summed E-state index contributed by atoms with van der Waals surface area (Å²) in [6, 6.07) is 21.3. The first-order valence-electron chi connectivity index (χ1n) is 21.2. The average molecular weight is 792 g/mol. The zero-order valence-corrected chi connectivity index (χ0v) is 33.7. The minimum Gasteiger partial charge on any atom is -0.296 e. The highest BCUT2D eigenvalue weighted by Gasteiger charge is 2.43. The molecule has 10 rings (SSSR count). The van der Waals surface area contributed by atoms with Gasteiger partial charge in [0.05, 0.1) is 11.4 Å². The number of benzene rings is 2. The van der Waals surface area contributed by atoms with Crippen molar-refractivity contribution in [3.63, 3.8) is 0 Å². The van der Waals surface area contributed by atoms with Crippen molar-refractivity contribution in [2.75, 3.05) is 39.3 Å². The van der Waals surface area contributed by atoms with Gasteiger partial charge in [-0.15, -0.1) is 0 Å². The van der Waals surface area contributed by atoms with Gasteiger partial charge in [0.25, 0.3) is 0 Å². The number of Topliss-reactive ketones (excluding diaryl/α,β-unsaturated/α-hetero) is 1. The van der Waals surface area contributed by atoms with E-state index < -0.39 is 12.1 Å². The maximum absolute atomic E-state index is 15.8. The fourth-order valence-corrected chi connectivity index (χ4v) is 10.5. The van der Waals surface area contributed by atoms with Crippen LogP contribution in [-0.2, 0) is 30.7 Å². The van der Waals surface area contributed by atoms with Gasteiger partial charge in [-0.3, -0.25) is 24.4 Å². The predicted octanol–water partition coefficient (Wildman–Crippen LogP) is 7.73. The summed E-state index contributed by atoms with van der Waals surface area (Å²) in [5.74, 6) is 2.28. The summed E-state index contributed by atoms with van der Waals surface area (Å²) in [5.41, 5.74) is 7.29. The second-order valence-corrected chi connectivity index (χ2v) is 18.0. The number of aromatic nitrogens is 4. The quantitative estimate of drug-likeness (QED) is 0.150. The van der Waals surface area contributed by atoms with Crippen LogP contribution in [0.5, 0.6) is 0 Å². The lowest BCUT2D eigenvalue weighted by molar-refractivity contribution is -0.132. The van der Waals surface area contributed by atoms with Crippen molar-refractivity contribution in [1.82, 2.24) is 39.5 Å². The van der Waals surface area contributed by atoms with Crippen LogP contribution in [0.4, 0.5) is 0 Å². The Morgan fingerprint density at radius 3 is 1.32 bits per heavy atom. The number of carbonyl (C=O) groups is 1. The molecule has 56 heavy (non-hydrogen) atoms. The molecule has 4 aromatic rings. The summed E-state index contributed by atoms with van der Waals surface area (Å²) >= 11 is 13.6. The third-order valence-electron chi connectivity index (χ3n) is 13.5. The van der Waals surface area contributed by atoms with Crippen molar-refractivity contribution in [2.24, 2.45) is 0 Å². The fourth-order valence-electron chi connectivity index (χ4n) is 10.1. The number of ketones is 1. The summed E-state index contributed by atoms with van der Waals surface area (Å²) in [5, 5.41) is 0.830. The first kappa shape index (κ1) is 37.0. The summed E-state index contributed by atoms with van der Waals surface area (Å²) in [7, 11) is 0. The van der Waals surface area contributed by atoms with Crippen LogP contribution < -0.4 is 0 Å². The Balaban J connectivity index is 0.946. The smallest absolute Gasteiger partial charge is 0.179 e. The van der Waals surface area contributed by atoms with Crippen LogP contribution >= 0.6 is 23.2 Å². The molecule has 9 nitrogen and oxygen atoms in total. The Hall–Kier alpha value is -3.31. The third-order valence-corrected chi connectivity index (χ3v) is 13.9. The summed E-state index contributed by atoms with van der Waals surface area (Å²) in [6.07, 6.45) is 10.4. The van der Waals surface area contributed by atoms with Gasteiger partial charge >= 0.3 is 0 Å². The second-order valence-electron chi connectivity index (χ2n) is 17.2. The van der Waals surface area contributed by atoms with Crippen molar-refractivity contribution in [3.05, 3.63) is 116 Å². The van der Waals surface area contributed by atoms with Crippen molar-refractivity contribution >= 4 is 29.0 Å². The summed E-state index contributed by atoms with van der Waals surface area (Å²) in [4.78, 5) is 45.5. The number of hydrogen-bond donors (Lipinski definition) is 0. The standard InChI is InChI=1S/C45H52Cl2N8O/c46-39-25-37(48-44(50-39)31-9-10-31)41(52-21-15-35(16-22-52)54-19-13-29-5-1-3-7-33(29)27-54)43(56)42(38-26-40(47)51-45(49-38)32-11-12-32)53-23-17-36(18-24-53)55-20-14-30-6-2-4-8-34(30)28-55/h1-8,25-26,31-32,35-36,41-42H,9-24,27-28H2. The monoisotopic (exact) mass is 790 g/mol. The molecule has 0 spiro atoms.